The number of benzene rings is 1. The quantitative estimate of drug-likeness (QED) is 0.862. The second kappa shape index (κ2) is 5.85. The number of aromatic nitrogens is 1. The molecule has 7 heteroatoms. The van der Waals surface area contributed by atoms with Gasteiger partial charge in [0.05, 0.1) is 23.0 Å². The zero-order chi connectivity index (χ0) is 15.6. The average molecular weight is 359 g/mol. The lowest BCUT2D eigenvalue weighted by atomic mass is 10.1. The number of aryl methyl sites for hydroxylation is 1. The predicted molar refractivity (Wildman–Crippen MR) is 76.1 cm³/mol. The second-order valence-electron chi connectivity index (χ2n) is 4.34. The van der Waals surface area contributed by atoms with E-state index in [0.717, 1.165) is 17.7 Å². The summed E-state index contributed by atoms with van der Waals surface area (Å²) in [6.45, 7) is 1.76. The van der Waals surface area contributed by atoms with Crippen molar-refractivity contribution in [2.45, 2.75) is 13.1 Å². The average Bonchev–Trinajstić information content (AvgIpc) is 2.40. The normalized spacial score (nSPS) is 11.3. The van der Waals surface area contributed by atoms with Crippen molar-refractivity contribution in [1.82, 2.24) is 4.98 Å². The number of hydrogen-bond acceptors (Lipinski definition) is 2. The van der Waals surface area contributed by atoms with Gasteiger partial charge in [-0.05, 0) is 52.7 Å². The highest BCUT2D eigenvalue weighted by molar-refractivity contribution is 9.10. The lowest BCUT2D eigenvalue weighted by Gasteiger charge is -2.12. The first kappa shape index (κ1) is 15.5. The van der Waals surface area contributed by atoms with Gasteiger partial charge in [-0.25, -0.2) is 0 Å². The van der Waals surface area contributed by atoms with Crippen molar-refractivity contribution in [3.63, 3.8) is 0 Å². The van der Waals surface area contributed by atoms with E-state index >= 15 is 0 Å². The summed E-state index contributed by atoms with van der Waals surface area (Å²) >= 11 is 3.09. The van der Waals surface area contributed by atoms with Crippen LogP contribution in [0.3, 0.4) is 0 Å². The third kappa shape index (κ3) is 3.60. The SMILES string of the molecule is Cc1ccncc1NC(=O)c1cc(C(F)(F)F)ccc1Br. The van der Waals surface area contributed by atoms with Gasteiger partial charge in [-0.2, -0.15) is 13.2 Å². The lowest BCUT2D eigenvalue weighted by Crippen LogP contribution is -2.15. The molecule has 21 heavy (non-hydrogen) atoms. The van der Waals surface area contributed by atoms with Gasteiger partial charge in [-0.3, -0.25) is 9.78 Å². The Bertz CT molecular complexity index is 686. The first-order valence-corrected chi connectivity index (χ1v) is 6.67. The number of amides is 1. The molecule has 2 aromatic rings. The van der Waals surface area contributed by atoms with Gasteiger partial charge in [0.2, 0.25) is 0 Å². The van der Waals surface area contributed by atoms with Crippen molar-refractivity contribution in [2.24, 2.45) is 0 Å². The summed E-state index contributed by atoms with van der Waals surface area (Å²) in [7, 11) is 0. The number of pyridine rings is 1. The zero-order valence-electron chi connectivity index (χ0n) is 10.8. The van der Waals surface area contributed by atoms with Gasteiger partial charge >= 0.3 is 6.18 Å². The largest absolute Gasteiger partial charge is 0.416 e. The van der Waals surface area contributed by atoms with E-state index in [1.54, 1.807) is 19.2 Å². The highest BCUT2D eigenvalue weighted by Crippen LogP contribution is 2.32. The molecule has 1 amide bonds. The molecule has 0 saturated carbocycles. The number of anilines is 1. The third-order valence-electron chi connectivity index (χ3n) is 2.83. The Hall–Kier alpha value is -1.89. The van der Waals surface area contributed by atoms with Crippen LogP contribution in [-0.2, 0) is 6.18 Å². The first-order chi connectivity index (χ1) is 9.79. The van der Waals surface area contributed by atoms with Crippen molar-refractivity contribution in [3.05, 3.63) is 57.8 Å². The van der Waals surface area contributed by atoms with Crippen LogP contribution < -0.4 is 5.32 Å². The Morgan fingerprint density at radius 2 is 2.00 bits per heavy atom. The number of nitrogens with one attached hydrogen (secondary N) is 1. The Balaban J connectivity index is 2.33. The standard InChI is InChI=1S/C14H10BrF3N2O/c1-8-4-5-19-7-12(8)20-13(21)10-6-9(14(16,17)18)2-3-11(10)15/h2-7H,1H3,(H,20,21). The van der Waals surface area contributed by atoms with Gasteiger partial charge in [0.25, 0.3) is 5.91 Å². The van der Waals surface area contributed by atoms with Crippen molar-refractivity contribution >= 4 is 27.5 Å². The van der Waals surface area contributed by atoms with Gasteiger partial charge < -0.3 is 5.32 Å². The monoisotopic (exact) mass is 358 g/mol. The topological polar surface area (TPSA) is 42.0 Å². The Morgan fingerprint density at radius 1 is 1.29 bits per heavy atom. The molecule has 1 aromatic carbocycles. The van der Waals surface area contributed by atoms with Gasteiger partial charge in [-0.1, -0.05) is 0 Å². The van der Waals surface area contributed by atoms with Crippen LogP contribution in [0, 0.1) is 6.92 Å². The summed E-state index contributed by atoms with van der Waals surface area (Å²) in [5, 5.41) is 2.55. The van der Waals surface area contributed by atoms with E-state index in [9.17, 15) is 18.0 Å². The molecule has 0 saturated heterocycles. The summed E-state index contributed by atoms with van der Waals surface area (Å²) in [5.41, 5.74) is 0.250. The Kier molecular flexibility index (Phi) is 4.32. The number of alkyl halides is 3. The number of nitrogens with zero attached hydrogens (tertiary/aromatic N) is 1. The number of carbonyl (C=O) groups is 1. The maximum absolute atomic E-state index is 12.7. The molecule has 2 rings (SSSR count). The highest BCUT2D eigenvalue weighted by atomic mass is 79.9. The zero-order valence-corrected chi connectivity index (χ0v) is 12.4. The van der Waals surface area contributed by atoms with Gasteiger partial charge in [0, 0.05) is 10.7 Å². The maximum Gasteiger partial charge on any atom is 0.416 e. The van der Waals surface area contributed by atoms with Gasteiger partial charge in [-0.15, -0.1) is 0 Å². The predicted octanol–water partition coefficient (Wildman–Crippen LogP) is 4.42. The molecule has 0 spiro atoms. The van der Waals surface area contributed by atoms with E-state index in [0.29, 0.717) is 5.69 Å². The third-order valence-corrected chi connectivity index (χ3v) is 3.52. The van der Waals surface area contributed by atoms with Gasteiger partial charge in [0.1, 0.15) is 0 Å². The molecule has 3 nitrogen and oxygen atoms in total. The van der Waals surface area contributed by atoms with Crippen LogP contribution in [0.2, 0.25) is 0 Å². The fraction of sp³-hybridized carbons (Fsp3) is 0.143. The van der Waals surface area contributed by atoms with Crippen molar-refractivity contribution in [3.8, 4) is 0 Å². The second-order valence-corrected chi connectivity index (χ2v) is 5.19. The van der Waals surface area contributed by atoms with E-state index in [-0.39, 0.29) is 10.0 Å². The van der Waals surface area contributed by atoms with Crippen molar-refractivity contribution in [1.29, 1.82) is 0 Å². The summed E-state index contributed by atoms with van der Waals surface area (Å²) < 4.78 is 38.4. The summed E-state index contributed by atoms with van der Waals surface area (Å²) in [4.78, 5) is 16.0. The van der Waals surface area contributed by atoms with E-state index in [4.69, 9.17) is 0 Å². The van der Waals surface area contributed by atoms with E-state index in [1.807, 2.05) is 0 Å². The summed E-state index contributed by atoms with van der Waals surface area (Å²) in [6, 6.07) is 4.62. The van der Waals surface area contributed by atoms with Crippen LogP contribution >= 0.6 is 15.9 Å². The molecule has 0 atom stereocenters. The van der Waals surface area contributed by atoms with Crippen molar-refractivity contribution in [2.75, 3.05) is 5.32 Å². The van der Waals surface area contributed by atoms with Crippen LogP contribution in [0.1, 0.15) is 21.5 Å². The molecule has 0 radical (unpaired) electrons. The van der Waals surface area contributed by atoms with Crippen LogP contribution in [0.15, 0.2) is 41.1 Å². The molecule has 1 N–H and O–H groups in total. The molecule has 0 aliphatic carbocycles. The number of rotatable bonds is 2. The number of hydrogen-bond donors (Lipinski definition) is 1. The molecule has 0 aliphatic rings. The first-order valence-electron chi connectivity index (χ1n) is 5.88. The van der Waals surface area contributed by atoms with Crippen LogP contribution in [-0.4, -0.2) is 10.9 Å². The van der Waals surface area contributed by atoms with Crippen LogP contribution in [0.25, 0.3) is 0 Å². The minimum absolute atomic E-state index is 0.0897. The summed E-state index contributed by atoms with van der Waals surface area (Å²) in [5.74, 6) is -0.635. The molecular weight excluding hydrogens is 349 g/mol. The molecule has 0 fully saturated rings. The van der Waals surface area contributed by atoms with Crippen LogP contribution in [0.4, 0.5) is 18.9 Å². The van der Waals surface area contributed by atoms with Crippen LogP contribution in [0.5, 0.6) is 0 Å². The molecule has 0 aliphatic heterocycles. The van der Waals surface area contributed by atoms with E-state index in [1.165, 1.54) is 12.3 Å². The molecule has 1 heterocycles. The minimum atomic E-state index is -4.50. The molecule has 1 aromatic heterocycles. The molecular formula is C14H10BrF3N2O. The summed E-state index contributed by atoms with van der Waals surface area (Å²) in [6.07, 6.45) is -1.50. The smallest absolute Gasteiger partial charge is 0.320 e. The fourth-order valence-corrected chi connectivity index (χ4v) is 2.09. The maximum atomic E-state index is 12.7. The molecule has 0 bridgehead atoms. The fourth-order valence-electron chi connectivity index (χ4n) is 1.66. The number of halogens is 4. The van der Waals surface area contributed by atoms with Gasteiger partial charge in [0.15, 0.2) is 0 Å². The Labute approximate surface area is 127 Å². The lowest BCUT2D eigenvalue weighted by molar-refractivity contribution is -0.137. The molecule has 0 unspecified atom stereocenters. The highest BCUT2D eigenvalue weighted by Gasteiger charge is 2.31. The van der Waals surface area contributed by atoms with E-state index < -0.39 is 17.6 Å². The minimum Gasteiger partial charge on any atom is -0.320 e. The molecule has 110 valence electrons. The van der Waals surface area contributed by atoms with Crippen molar-refractivity contribution < 1.29 is 18.0 Å². The number of carbonyl (C=O) groups excluding carboxylic acids is 1. The Morgan fingerprint density at radius 3 is 2.62 bits per heavy atom. The van der Waals surface area contributed by atoms with E-state index in [2.05, 4.69) is 26.2 Å².